The van der Waals surface area contributed by atoms with Crippen LogP contribution in [0.2, 0.25) is 0 Å². The summed E-state index contributed by atoms with van der Waals surface area (Å²) in [7, 11) is 3.11. The zero-order chi connectivity index (χ0) is 16.9. The van der Waals surface area contributed by atoms with Gasteiger partial charge >= 0.3 is 0 Å². The number of para-hydroxylation sites is 1. The average Bonchev–Trinajstić information content (AvgIpc) is 2.65. The first-order valence-corrected chi connectivity index (χ1v) is 7.51. The molecule has 3 aromatic rings. The number of pyridine rings is 1. The molecule has 1 heterocycles. The monoisotopic (exact) mass is 319 g/mol. The van der Waals surface area contributed by atoms with Crippen molar-refractivity contribution in [1.82, 2.24) is 4.98 Å². The number of fused-ring (bicyclic) bond motifs is 1. The highest BCUT2D eigenvalue weighted by molar-refractivity contribution is 6.08. The minimum atomic E-state index is -0.100. The van der Waals surface area contributed by atoms with Gasteiger partial charge in [-0.3, -0.25) is 9.78 Å². The Morgan fingerprint density at radius 3 is 2.58 bits per heavy atom. The van der Waals surface area contributed by atoms with Crippen LogP contribution in [0.5, 0.6) is 11.5 Å². The van der Waals surface area contributed by atoms with Gasteiger partial charge in [0.2, 0.25) is 0 Å². The number of nitrogens with zero attached hydrogens (tertiary/aromatic N) is 1. The van der Waals surface area contributed by atoms with Crippen molar-refractivity contribution in [2.75, 3.05) is 14.2 Å². The van der Waals surface area contributed by atoms with E-state index in [1.165, 1.54) is 0 Å². The van der Waals surface area contributed by atoms with Gasteiger partial charge < -0.3 is 9.47 Å². The fourth-order valence-electron chi connectivity index (χ4n) is 2.51. The molecule has 0 bridgehead atoms. The molecule has 0 fully saturated rings. The van der Waals surface area contributed by atoms with Gasteiger partial charge in [0.1, 0.15) is 0 Å². The van der Waals surface area contributed by atoms with E-state index in [9.17, 15) is 4.79 Å². The molecule has 2 aromatic carbocycles. The number of rotatable bonds is 5. The normalized spacial score (nSPS) is 10.9. The van der Waals surface area contributed by atoms with Gasteiger partial charge in [0.05, 0.1) is 19.7 Å². The van der Waals surface area contributed by atoms with E-state index in [1.807, 2.05) is 36.4 Å². The summed E-state index contributed by atoms with van der Waals surface area (Å²) >= 11 is 0. The first-order valence-electron chi connectivity index (χ1n) is 7.51. The van der Waals surface area contributed by atoms with Crippen LogP contribution >= 0.6 is 0 Å². The van der Waals surface area contributed by atoms with Crippen LogP contribution in [-0.2, 0) is 0 Å². The molecule has 120 valence electrons. The summed E-state index contributed by atoms with van der Waals surface area (Å²) < 4.78 is 10.4. The summed E-state index contributed by atoms with van der Waals surface area (Å²) in [5.74, 6) is 1.03. The van der Waals surface area contributed by atoms with Crippen LogP contribution in [0.15, 0.2) is 60.8 Å². The van der Waals surface area contributed by atoms with Crippen LogP contribution < -0.4 is 9.47 Å². The van der Waals surface area contributed by atoms with Crippen molar-refractivity contribution >= 4 is 22.8 Å². The van der Waals surface area contributed by atoms with E-state index in [1.54, 1.807) is 44.7 Å². The van der Waals surface area contributed by atoms with Gasteiger partial charge in [0.15, 0.2) is 17.3 Å². The molecule has 0 saturated carbocycles. The summed E-state index contributed by atoms with van der Waals surface area (Å²) in [5.41, 5.74) is 2.40. The molecule has 0 unspecified atom stereocenters. The highest BCUT2D eigenvalue weighted by Gasteiger charge is 2.08. The molecule has 0 aliphatic carbocycles. The van der Waals surface area contributed by atoms with E-state index < -0.39 is 0 Å². The van der Waals surface area contributed by atoms with Crippen LogP contribution in [0.25, 0.3) is 17.0 Å². The molecule has 0 spiro atoms. The summed E-state index contributed by atoms with van der Waals surface area (Å²) in [6.45, 7) is 0. The number of ketones is 1. The van der Waals surface area contributed by atoms with Gasteiger partial charge in [-0.1, -0.05) is 24.3 Å². The number of benzene rings is 2. The van der Waals surface area contributed by atoms with Crippen LogP contribution in [0.3, 0.4) is 0 Å². The van der Waals surface area contributed by atoms with E-state index >= 15 is 0 Å². The zero-order valence-electron chi connectivity index (χ0n) is 13.5. The Morgan fingerprint density at radius 1 is 1.00 bits per heavy atom. The van der Waals surface area contributed by atoms with Crippen LogP contribution in [0.1, 0.15) is 15.9 Å². The first kappa shape index (κ1) is 15.7. The molecule has 0 aliphatic rings. The Morgan fingerprint density at radius 2 is 1.79 bits per heavy atom. The Hall–Kier alpha value is -3.14. The third kappa shape index (κ3) is 3.13. The maximum atomic E-state index is 12.4. The second-order valence-corrected chi connectivity index (χ2v) is 5.18. The largest absolute Gasteiger partial charge is 0.493 e. The SMILES string of the molecule is COc1ccc(C(=O)/C=C/c2ccnc3ccccc23)cc1OC. The minimum absolute atomic E-state index is 0.100. The lowest BCUT2D eigenvalue weighted by atomic mass is 10.1. The molecule has 0 saturated heterocycles. The van der Waals surface area contributed by atoms with Gasteiger partial charge in [-0.2, -0.15) is 0 Å². The van der Waals surface area contributed by atoms with Crippen molar-refractivity contribution in [3.63, 3.8) is 0 Å². The van der Waals surface area contributed by atoms with Crippen molar-refractivity contribution in [2.45, 2.75) is 0 Å². The molecule has 0 atom stereocenters. The maximum Gasteiger partial charge on any atom is 0.185 e. The zero-order valence-corrected chi connectivity index (χ0v) is 13.5. The Kier molecular flexibility index (Phi) is 4.57. The predicted octanol–water partition coefficient (Wildman–Crippen LogP) is 4.15. The van der Waals surface area contributed by atoms with Gasteiger partial charge in [-0.15, -0.1) is 0 Å². The molecular weight excluding hydrogens is 302 g/mol. The van der Waals surface area contributed by atoms with E-state index in [4.69, 9.17) is 9.47 Å². The van der Waals surface area contributed by atoms with Crippen LogP contribution in [-0.4, -0.2) is 25.0 Å². The molecular formula is C20H17NO3. The molecule has 4 heteroatoms. The van der Waals surface area contributed by atoms with Crippen molar-refractivity contribution < 1.29 is 14.3 Å². The Labute approximate surface area is 140 Å². The van der Waals surface area contributed by atoms with Crippen molar-refractivity contribution in [3.05, 3.63) is 71.9 Å². The number of ether oxygens (including phenoxy) is 2. The van der Waals surface area contributed by atoms with Crippen LogP contribution in [0, 0.1) is 0 Å². The summed E-state index contributed by atoms with van der Waals surface area (Å²) in [5, 5.41) is 1.01. The molecule has 24 heavy (non-hydrogen) atoms. The molecule has 0 N–H and O–H groups in total. The summed E-state index contributed by atoms with van der Waals surface area (Å²) in [6.07, 6.45) is 5.11. The maximum absolute atomic E-state index is 12.4. The summed E-state index contributed by atoms with van der Waals surface area (Å²) in [6, 6.07) is 14.8. The second-order valence-electron chi connectivity index (χ2n) is 5.18. The minimum Gasteiger partial charge on any atom is -0.493 e. The third-order valence-electron chi connectivity index (χ3n) is 3.77. The number of aromatic nitrogens is 1. The first-order chi connectivity index (χ1) is 11.7. The number of hydrogen-bond donors (Lipinski definition) is 0. The quantitative estimate of drug-likeness (QED) is 0.523. The molecule has 4 nitrogen and oxygen atoms in total. The number of methoxy groups -OCH3 is 2. The van der Waals surface area contributed by atoms with Crippen molar-refractivity contribution in [2.24, 2.45) is 0 Å². The van der Waals surface area contributed by atoms with E-state index in [0.717, 1.165) is 16.5 Å². The van der Waals surface area contributed by atoms with Gasteiger partial charge in [-0.05, 0) is 42.0 Å². The highest BCUT2D eigenvalue weighted by atomic mass is 16.5. The third-order valence-corrected chi connectivity index (χ3v) is 3.77. The Bertz CT molecular complexity index is 910. The van der Waals surface area contributed by atoms with Crippen molar-refractivity contribution in [3.8, 4) is 11.5 Å². The number of carbonyl (C=O) groups is 1. The topological polar surface area (TPSA) is 48.4 Å². The Balaban J connectivity index is 1.90. The molecule has 3 rings (SSSR count). The number of carbonyl (C=O) groups excluding carboxylic acids is 1. The predicted molar refractivity (Wildman–Crippen MR) is 94.7 cm³/mol. The fourth-order valence-corrected chi connectivity index (χ4v) is 2.51. The van der Waals surface area contributed by atoms with Gasteiger partial charge in [-0.25, -0.2) is 0 Å². The van der Waals surface area contributed by atoms with E-state index in [0.29, 0.717) is 17.1 Å². The lowest BCUT2D eigenvalue weighted by Gasteiger charge is -2.08. The molecule has 1 aromatic heterocycles. The van der Waals surface area contributed by atoms with Gasteiger partial charge in [0.25, 0.3) is 0 Å². The van der Waals surface area contributed by atoms with Gasteiger partial charge in [0, 0.05) is 17.1 Å². The van der Waals surface area contributed by atoms with Crippen LogP contribution in [0.4, 0.5) is 0 Å². The lowest BCUT2D eigenvalue weighted by molar-refractivity contribution is 0.104. The number of hydrogen-bond acceptors (Lipinski definition) is 4. The second kappa shape index (κ2) is 6.96. The molecule has 0 aliphatic heterocycles. The smallest absolute Gasteiger partial charge is 0.185 e. The van der Waals surface area contributed by atoms with Crippen molar-refractivity contribution in [1.29, 1.82) is 0 Å². The average molecular weight is 319 g/mol. The fraction of sp³-hybridized carbons (Fsp3) is 0.100. The number of allylic oxidation sites excluding steroid dienone is 1. The molecule has 0 radical (unpaired) electrons. The van der Waals surface area contributed by atoms with E-state index in [2.05, 4.69) is 4.98 Å². The highest BCUT2D eigenvalue weighted by Crippen LogP contribution is 2.28. The summed E-state index contributed by atoms with van der Waals surface area (Å²) in [4.78, 5) is 16.7. The molecule has 0 amide bonds. The lowest BCUT2D eigenvalue weighted by Crippen LogP contribution is -1.97. The van der Waals surface area contributed by atoms with E-state index in [-0.39, 0.29) is 5.78 Å². The standard InChI is InChI=1S/C20H17NO3/c1-23-19-10-8-15(13-20(19)24-2)18(22)9-7-14-11-12-21-17-6-4-3-5-16(14)17/h3-13H,1-2H3/b9-7+.